The summed E-state index contributed by atoms with van der Waals surface area (Å²) in [6.07, 6.45) is 25.4. The van der Waals surface area contributed by atoms with Crippen LogP contribution in [0, 0.1) is 24.0 Å². The number of benzene rings is 2. The molecule has 2 atom stereocenters. The fourth-order valence-corrected chi connectivity index (χ4v) is 10.1. The number of alkyl halides is 1. The van der Waals surface area contributed by atoms with Crippen molar-refractivity contribution in [3.05, 3.63) is 47.7 Å². The Bertz CT molecular complexity index is 2400. The summed E-state index contributed by atoms with van der Waals surface area (Å²) in [6.45, 7) is 9.40. The lowest BCUT2D eigenvalue weighted by molar-refractivity contribution is -0.134. The van der Waals surface area contributed by atoms with Crippen molar-refractivity contribution in [3.63, 3.8) is 0 Å². The van der Waals surface area contributed by atoms with Crippen molar-refractivity contribution in [3.8, 4) is 35.4 Å². The molecule has 0 spiro atoms. The smallest absolute Gasteiger partial charge is 0.429 e. The van der Waals surface area contributed by atoms with Gasteiger partial charge in [0.25, 0.3) is 0 Å². The average molecular weight is 927 g/mol. The maximum absolute atomic E-state index is 17.7. The number of aromatic nitrogens is 3. The van der Waals surface area contributed by atoms with Crippen LogP contribution in [0.1, 0.15) is 162 Å². The first-order chi connectivity index (χ1) is 32.3. The van der Waals surface area contributed by atoms with E-state index in [2.05, 4.69) is 27.7 Å². The van der Waals surface area contributed by atoms with Crippen molar-refractivity contribution in [2.75, 3.05) is 37.8 Å². The number of terminal acetylenes is 1. The molecule has 3 aliphatic rings. The second-order valence-electron chi connectivity index (χ2n) is 19.8. The van der Waals surface area contributed by atoms with Gasteiger partial charge in [-0.25, -0.2) is 23.0 Å². The summed E-state index contributed by atoms with van der Waals surface area (Å²) >= 11 is 0. The lowest BCUT2D eigenvalue weighted by Gasteiger charge is -2.36. The second-order valence-corrected chi connectivity index (χ2v) is 19.8. The van der Waals surface area contributed by atoms with Gasteiger partial charge in [0.05, 0.1) is 16.5 Å². The van der Waals surface area contributed by atoms with Crippen molar-refractivity contribution >= 4 is 39.6 Å². The van der Waals surface area contributed by atoms with E-state index in [9.17, 15) is 14.0 Å². The molecule has 7 rings (SSSR count). The summed E-state index contributed by atoms with van der Waals surface area (Å²) in [5.41, 5.74) is -1.75. The summed E-state index contributed by atoms with van der Waals surface area (Å²) in [4.78, 5) is 43.2. The normalized spacial score (nSPS) is 18.9. The molecule has 0 N–H and O–H groups in total. The van der Waals surface area contributed by atoms with Crippen LogP contribution in [0.3, 0.4) is 0 Å². The SMILES string of the molecule is C#Cc1c(F)ccc2cc(OC(=O)CCCCCCCCCCCCCCC)cc(-c3ncc4c(N5CCCCCN5C(=O)OC(C)(C)C)nc(OC[C@@]56CCCN5C[C@H](F)C6)nc4c3F)c12. The number of hydrogen-bond donors (Lipinski definition) is 0. The number of esters is 1. The Labute approximate surface area is 394 Å². The van der Waals surface area contributed by atoms with Crippen molar-refractivity contribution in [1.29, 1.82) is 0 Å². The summed E-state index contributed by atoms with van der Waals surface area (Å²) in [5, 5.41) is 3.96. The molecule has 0 saturated carbocycles. The van der Waals surface area contributed by atoms with E-state index in [1.54, 1.807) is 31.8 Å². The van der Waals surface area contributed by atoms with Crippen LogP contribution in [0.4, 0.5) is 23.8 Å². The molecule has 0 bridgehead atoms. The van der Waals surface area contributed by atoms with E-state index in [4.69, 9.17) is 25.6 Å². The van der Waals surface area contributed by atoms with Gasteiger partial charge < -0.3 is 14.2 Å². The number of hydrogen-bond acceptors (Lipinski definition) is 10. The van der Waals surface area contributed by atoms with Gasteiger partial charge >= 0.3 is 18.1 Å². The first-order valence-electron chi connectivity index (χ1n) is 24.9. The van der Waals surface area contributed by atoms with Gasteiger partial charge in [-0.15, -0.1) is 6.42 Å². The zero-order valence-electron chi connectivity index (χ0n) is 40.1. The molecular weight excluding hydrogens is 858 g/mol. The Morgan fingerprint density at radius 3 is 2.30 bits per heavy atom. The van der Waals surface area contributed by atoms with Gasteiger partial charge in [0.2, 0.25) is 0 Å². The Morgan fingerprint density at radius 2 is 1.60 bits per heavy atom. The minimum atomic E-state index is -0.996. The van der Waals surface area contributed by atoms with Crippen LogP contribution in [0.15, 0.2) is 30.5 Å². The van der Waals surface area contributed by atoms with Gasteiger partial charge in [-0.3, -0.25) is 19.7 Å². The lowest BCUT2D eigenvalue weighted by Crippen LogP contribution is -2.49. The van der Waals surface area contributed by atoms with Crippen LogP contribution < -0.4 is 14.5 Å². The number of ether oxygens (including phenoxy) is 3. The molecule has 11 nitrogen and oxygen atoms in total. The largest absolute Gasteiger partial charge is 0.461 e. The number of nitrogens with zero attached hydrogens (tertiary/aromatic N) is 6. The maximum Gasteiger partial charge on any atom is 0.429 e. The molecule has 0 unspecified atom stereocenters. The highest BCUT2D eigenvalue weighted by molar-refractivity contribution is 6.03. The molecule has 0 aliphatic carbocycles. The van der Waals surface area contributed by atoms with Crippen LogP contribution >= 0.6 is 0 Å². The number of rotatable bonds is 20. The predicted octanol–water partition coefficient (Wildman–Crippen LogP) is 12.6. The van der Waals surface area contributed by atoms with E-state index in [1.807, 2.05) is 0 Å². The number of pyridine rings is 1. The molecule has 0 radical (unpaired) electrons. The quantitative estimate of drug-likeness (QED) is 0.0368. The van der Waals surface area contributed by atoms with E-state index < -0.39 is 41.0 Å². The van der Waals surface area contributed by atoms with Crippen LogP contribution in [-0.4, -0.2) is 87.0 Å². The highest BCUT2D eigenvalue weighted by Gasteiger charge is 2.49. The molecule has 5 heterocycles. The minimum absolute atomic E-state index is 0.0792. The molecule has 14 heteroatoms. The van der Waals surface area contributed by atoms with Crippen LogP contribution in [0.25, 0.3) is 32.9 Å². The standard InChI is InChI=1S/C53H69F3N6O5/c1-6-8-9-10-11-12-13-14-15-16-17-18-20-24-44(63)66-39-31-37-25-26-43(55)40(7-2)45(37)41(32-39)47-46(56)48-42(34-57-47)49(61-29-21-19-22-30-62(61)51(64)67-52(3,4)5)59-50(58-48)65-36-53-27-23-28-60(53)35-38(54)33-53/h2,25-26,31-32,34,38H,6,8-24,27-30,33,35-36H2,1,3-5H3/t38-,53+/m1/s1. The fourth-order valence-electron chi connectivity index (χ4n) is 10.1. The Morgan fingerprint density at radius 1 is 0.896 bits per heavy atom. The number of halogens is 3. The molecule has 3 aliphatic heterocycles. The number of carbonyl (C=O) groups is 2. The van der Waals surface area contributed by atoms with Gasteiger partial charge in [0, 0.05) is 49.6 Å². The van der Waals surface area contributed by atoms with Crippen molar-refractivity contribution in [2.24, 2.45) is 0 Å². The van der Waals surface area contributed by atoms with Crippen molar-refractivity contribution in [1.82, 2.24) is 24.9 Å². The van der Waals surface area contributed by atoms with E-state index in [0.717, 1.165) is 45.1 Å². The number of carbonyl (C=O) groups excluding carboxylic acids is 2. The number of fused-ring (bicyclic) bond motifs is 3. The van der Waals surface area contributed by atoms with Crippen molar-refractivity contribution in [2.45, 2.75) is 173 Å². The zero-order valence-corrected chi connectivity index (χ0v) is 40.1. The van der Waals surface area contributed by atoms with Crippen LogP contribution in [0.5, 0.6) is 11.8 Å². The molecule has 4 aromatic rings. The van der Waals surface area contributed by atoms with Crippen LogP contribution in [0.2, 0.25) is 0 Å². The predicted molar refractivity (Wildman–Crippen MR) is 257 cm³/mol. The van der Waals surface area contributed by atoms with Gasteiger partial charge in [-0.2, -0.15) is 9.97 Å². The molecule has 67 heavy (non-hydrogen) atoms. The van der Waals surface area contributed by atoms with Gasteiger partial charge in [-0.1, -0.05) is 96.0 Å². The Balaban J connectivity index is 1.18. The number of hydrazine groups is 1. The molecule has 2 aromatic heterocycles. The summed E-state index contributed by atoms with van der Waals surface area (Å²) < 4.78 is 66.0. The van der Waals surface area contributed by atoms with Gasteiger partial charge in [0.1, 0.15) is 41.2 Å². The first kappa shape index (κ1) is 49.7. The average Bonchev–Trinajstić information content (AvgIpc) is 3.70. The van der Waals surface area contributed by atoms with Gasteiger partial charge in [-0.05, 0) is 89.4 Å². The van der Waals surface area contributed by atoms with Crippen LogP contribution in [-0.2, 0) is 9.53 Å². The number of amides is 1. The van der Waals surface area contributed by atoms with Crippen molar-refractivity contribution < 1.29 is 37.0 Å². The molecule has 2 aromatic carbocycles. The highest BCUT2D eigenvalue weighted by Crippen LogP contribution is 2.42. The molecule has 1 amide bonds. The van der Waals surface area contributed by atoms with E-state index >= 15 is 8.78 Å². The topological polar surface area (TPSA) is 110 Å². The molecule has 3 saturated heterocycles. The summed E-state index contributed by atoms with van der Waals surface area (Å²) in [7, 11) is 0. The lowest BCUT2D eigenvalue weighted by atomic mass is 9.95. The highest BCUT2D eigenvalue weighted by atomic mass is 19.1. The second kappa shape index (κ2) is 22.8. The third-order valence-corrected chi connectivity index (χ3v) is 13.4. The molecular formula is C53H69F3N6O5. The Kier molecular flexibility index (Phi) is 16.9. The monoisotopic (exact) mass is 927 g/mol. The zero-order chi connectivity index (χ0) is 47.6. The Hall–Kier alpha value is -5.16. The fraction of sp³-hybridized carbons (Fsp3) is 0.604. The maximum atomic E-state index is 17.7. The van der Waals surface area contributed by atoms with E-state index in [1.165, 1.54) is 87.2 Å². The van der Waals surface area contributed by atoms with Gasteiger partial charge in [0.15, 0.2) is 11.6 Å². The number of unbranched alkanes of at least 4 members (excludes halogenated alkanes) is 12. The molecule has 3 fully saturated rings. The minimum Gasteiger partial charge on any atom is -0.461 e. The third kappa shape index (κ3) is 12.3. The number of anilines is 1. The third-order valence-electron chi connectivity index (χ3n) is 13.4. The first-order valence-corrected chi connectivity index (χ1v) is 24.9. The summed E-state index contributed by atoms with van der Waals surface area (Å²) in [5.74, 6) is 0.728. The summed E-state index contributed by atoms with van der Waals surface area (Å²) in [6, 6.07) is 5.62. The molecule has 362 valence electrons. The van der Waals surface area contributed by atoms with E-state index in [-0.39, 0.29) is 63.7 Å². The van der Waals surface area contributed by atoms with E-state index in [0.29, 0.717) is 50.7 Å².